The average molecular weight is 634 g/mol. The SMILES string of the molecule is CC(C)(C)[C@H](c1nc(-c2cc(F)ccc2F)cn1Cc1ccccc1)N(CC[C@H](N)C(=O)CC(=O)CBr)C(=O)CO. The van der Waals surface area contributed by atoms with Crippen molar-refractivity contribution < 1.29 is 28.3 Å². The molecule has 0 bridgehead atoms. The topological polar surface area (TPSA) is 119 Å². The number of hydrogen-bond acceptors (Lipinski definition) is 6. The Bertz CT molecular complexity index is 1370. The lowest BCUT2D eigenvalue weighted by molar-refractivity contribution is -0.140. The maximum Gasteiger partial charge on any atom is 0.248 e. The molecule has 3 rings (SSSR count). The molecule has 3 aromatic rings. The van der Waals surface area contributed by atoms with E-state index < -0.39 is 47.4 Å². The molecule has 0 radical (unpaired) electrons. The van der Waals surface area contributed by atoms with Gasteiger partial charge in [-0.25, -0.2) is 13.8 Å². The first-order valence-electron chi connectivity index (χ1n) is 13.2. The summed E-state index contributed by atoms with van der Waals surface area (Å²) in [5.41, 5.74) is 6.48. The normalized spacial score (nSPS) is 13.1. The van der Waals surface area contributed by atoms with Crippen LogP contribution in [0.15, 0.2) is 54.7 Å². The summed E-state index contributed by atoms with van der Waals surface area (Å²) in [6.45, 7) is 5.17. The lowest BCUT2D eigenvalue weighted by atomic mass is 9.84. The highest BCUT2D eigenvalue weighted by atomic mass is 79.9. The van der Waals surface area contributed by atoms with E-state index in [4.69, 9.17) is 10.7 Å². The van der Waals surface area contributed by atoms with E-state index >= 15 is 0 Å². The highest BCUT2D eigenvalue weighted by molar-refractivity contribution is 9.09. The largest absolute Gasteiger partial charge is 0.387 e. The minimum atomic E-state index is -1.01. The first kappa shape index (κ1) is 32.2. The zero-order valence-corrected chi connectivity index (χ0v) is 24.9. The second kappa shape index (κ2) is 14.1. The van der Waals surface area contributed by atoms with Gasteiger partial charge in [-0.2, -0.15) is 0 Å². The second-order valence-electron chi connectivity index (χ2n) is 10.9. The van der Waals surface area contributed by atoms with Gasteiger partial charge in [0, 0.05) is 24.8 Å². The number of amides is 1. The first-order chi connectivity index (χ1) is 19.3. The molecule has 2 aromatic carbocycles. The van der Waals surface area contributed by atoms with Crippen molar-refractivity contribution >= 4 is 33.4 Å². The number of carbonyl (C=O) groups is 3. The predicted octanol–water partition coefficient (Wildman–Crippen LogP) is 4.43. The van der Waals surface area contributed by atoms with Gasteiger partial charge in [-0.3, -0.25) is 14.4 Å². The minimum absolute atomic E-state index is 0.0153. The van der Waals surface area contributed by atoms with Crippen LogP contribution in [0.4, 0.5) is 8.78 Å². The molecule has 0 saturated heterocycles. The van der Waals surface area contributed by atoms with Gasteiger partial charge >= 0.3 is 0 Å². The van der Waals surface area contributed by atoms with E-state index in [2.05, 4.69) is 15.9 Å². The number of halogens is 3. The molecule has 1 aromatic heterocycles. The van der Waals surface area contributed by atoms with Crippen molar-refractivity contribution in [3.05, 3.63) is 77.8 Å². The third kappa shape index (κ3) is 8.37. The van der Waals surface area contributed by atoms with Crippen molar-refractivity contribution in [2.45, 2.75) is 52.2 Å². The molecular weight excluding hydrogens is 598 g/mol. The number of ketones is 2. The maximum atomic E-state index is 14.8. The summed E-state index contributed by atoms with van der Waals surface area (Å²) < 4.78 is 30.7. The monoisotopic (exact) mass is 632 g/mol. The molecule has 0 saturated carbocycles. The number of imidazole rings is 1. The number of aromatic nitrogens is 2. The Kier molecular flexibility index (Phi) is 11.1. The summed E-state index contributed by atoms with van der Waals surface area (Å²) in [6.07, 6.45) is 1.33. The summed E-state index contributed by atoms with van der Waals surface area (Å²) in [7, 11) is 0. The van der Waals surface area contributed by atoms with Gasteiger partial charge in [-0.15, -0.1) is 0 Å². The summed E-state index contributed by atoms with van der Waals surface area (Å²) in [5, 5.41) is 9.92. The van der Waals surface area contributed by atoms with E-state index in [0.29, 0.717) is 12.4 Å². The zero-order chi connectivity index (χ0) is 30.3. The van der Waals surface area contributed by atoms with E-state index in [-0.39, 0.29) is 41.8 Å². The van der Waals surface area contributed by atoms with Crippen LogP contribution in [0.5, 0.6) is 0 Å². The third-order valence-corrected chi connectivity index (χ3v) is 7.28. The zero-order valence-electron chi connectivity index (χ0n) is 23.3. The van der Waals surface area contributed by atoms with Gasteiger partial charge in [0.25, 0.3) is 0 Å². The molecule has 8 nitrogen and oxygen atoms in total. The van der Waals surface area contributed by atoms with Crippen molar-refractivity contribution in [3.8, 4) is 11.3 Å². The van der Waals surface area contributed by atoms with Gasteiger partial charge < -0.3 is 20.3 Å². The number of aliphatic hydroxyl groups excluding tert-OH is 1. The molecule has 3 N–H and O–H groups in total. The van der Waals surface area contributed by atoms with Crippen LogP contribution in [-0.2, 0) is 20.9 Å². The van der Waals surface area contributed by atoms with Crippen molar-refractivity contribution in [2.24, 2.45) is 11.1 Å². The number of nitrogens with zero attached hydrogens (tertiary/aromatic N) is 3. The van der Waals surface area contributed by atoms with E-state index in [1.165, 1.54) is 4.90 Å². The molecule has 0 unspecified atom stereocenters. The Balaban J connectivity index is 2.10. The lowest BCUT2D eigenvalue weighted by Gasteiger charge is -2.40. The van der Waals surface area contributed by atoms with E-state index in [0.717, 1.165) is 23.8 Å². The van der Waals surface area contributed by atoms with Crippen LogP contribution in [0.3, 0.4) is 0 Å². The lowest BCUT2D eigenvalue weighted by Crippen LogP contribution is -2.46. The molecule has 2 atom stereocenters. The van der Waals surface area contributed by atoms with Gasteiger partial charge in [-0.1, -0.05) is 67.0 Å². The minimum Gasteiger partial charge on any atom is -0.387 e. The number of Topliss-reactive ketones (excluding diaryl/α,β-unsaturated/α-hetero) is 2. The van der Waals surface area contributed by atoms with Crippen LogP contribution >= 0.6 is 15.9 Å². The fourth-order valence-corrected chi connectivity index (χ4v) is 4.87. The van der Waals surface area contributed by atoms with Gasteiger partial charge in [0.1, 0.15) is 24.1 Å². The highest BCUT2D eigenvalue weighted by Crippen LogP contribution is 2.39. The summed E-state index contributed by atoms with van der Waals surface area (Å²) in [5.74, 6) is -2.26. The number of hydrogen-bond donors (Lipinski definition) is 2. The average Bonchev–Trinajstić information content (AvgIpc) is 3.33. The maximum absolute atomic E-state index is 14.8. The molecule has 0 aliphatic carbocycles. The number of rotatable bonds is 13. The Morgan fingerprint density at radius 3 is 2.41 bits per heavy atom. The number of carbonyl (C=O) groups excluding carboxylic acids is 3. The van der Waals surface area contributed by atoms with Crippen molar-refractivity contribution in [1.29, 1.82) is 0 Å². The first-order valence-corrected chi connectivity index (χ1v) is 14.3. The van der Waals surface area contributed by atoms with Gasteiger partial charge in [0.05, 0.1) is 29.5 Å². The fourth-order valence-electron chi connectivity index (χ4n) is 4.67. The molecule has 0 aliphatic heterocycles. The van der Waals surface area contributed by atoms with Crippen LogP contribution in [0.25, 0.3) is 11.3 Å². The molecule has 0 fully saturated rings. The molecule has 0 aliphatic rings. The van der Waals surface area contributed by atoms with E-state index in [1.807, 2.05) is 51.1 Å². The Labute approximate surface area is 246 Å². The van der Waals surface area contributed by atoms with Crippen LogP contribution < -0.4 is 5.73 Å². The van der Waals surface area contributed by atoms with Crippen molar-refractivity contribution in [3.63, 3.8) is 0 Å². The summed E-state index contributed by atoms with van der Waals surface area (Å²) in [6, 6.07) is 10.8. The molecule has 1 heterocycles. The Hall–Kier alpha value is -3.28. The molecule has 0 spiro atoms. The van der Waals surface area contributed by atoms with Gasteiger partial charge in [-0.05, 0) is 35.6 Å². The molecule has 1 amide bonds. The quantitative estimate of drug-likeness (QED) is 0.213. The van der Waals surface area contributed by atoms with Crippen LogP contribution in [0.2, 0.25) is 0 Å². The van der Waals surface area contributed by atoms with Crippen LogP contribution in [-0.4, -0.2) is 61.6 Å². The standard InChI is InChI=1S/C30H35BrF2N4O4/c1-30(2,3)28(37(27(41)18-38)12-11-24(34)26(40)14-21(39)15-31)29-35-25(22-13-20(32)9-10-23(22)33)17-36(29)16-19-7-5-4-6-8-19/h4-10,13,17,24,28,38H,11-12,14-16,18,34H2,1-3H3/t24-,28-/m0/s1. The summed E-state index contributed by atoms with van der Waals surface area (Å²) in [4.78, 5) is 43.5. The van der Waals surface area contributed by atoms with Crippen molar-refractivity contribution in [1.82, 2.24) is 14.5 Å². The number of alkyl halides is 1. The van der Waals surface area contributed by atoms with E-state index in [9.17, 15) is 28.3 Å². The van der Waals surface area contributed by atoms with E-state index in [1.54, 1.807) is 10.8 Å². The fraction of sp³-hybridized carbons (Fsp3) is 0.400. The second-order valence-corrected chi connectivity index (χ2v) is 11.5. The van der Waals surface area contributed by atoms with Crippen LogP contribution in [0, 0.1) is 17.0 Å². The third-order valence-electron chi connectivity index (χ3n) is 6.65. The Morgan fingerprint density at radius 1 is 1.12 bits per heavy atom. The Morgan fingerprint density at radius 2 is 1.80 bits per heavy atom. The number of benzene rings is 2. The highest BCUT2D eigenvalue weighted by Gasteiger charge is 2.38. The van der Waals surface area contributed by atoms with Gasteiger partial charge in [0.2, 0.25) is 5.91 Å². The smallest absolute Gasteiger partial charge is 0.248 e. The molecule has 11 heteroatoms. The number of nitrogens with two attached hydrogens (primary N) is 1. The number of aliphatic hydroxyl groups is 1. The molecule has 220 valence electrons. The van der Waals surface area contributed by atoms with Gasteiger partial charge in [0.15, 0.2) is 11.6 Å². The van der Waals surface area contributed by atoms with Crippen LogP contribution in [0.1, 0.15) is 51.0 Å². The molecular formula is C30H35BrF2N4O4. The molecule has 41 heavy (non-hydrogen) atoms. The van der Waals surface area contributed by atoms with Crippen molar-refractivity contribution in [2.75, 3.05) is 18.5 Å². The summed E-state index contributed by atoms with van der Waals surface area (Å²) >= 11 is 3.03. The predicted molar refractivity (Wildman–Crippen MR) is 155 cm³/mol.